The maximum Gasteiger partial charge on any atom is 0.0360 e. The van der Waals surface area contributed by atoms with E-state index in [1.54, 1.807) is 0 Å². The summed E-state index contributed by atoms with van der Waals surface area (Å²) in [6.45, 7) is 8.99. The zero-order valence-electron chi connectivity index (χ0n) is 12.9. The molecule has 21 heavy (non-hydrogen) atoms. The molecule has 2 nitrogen and oxygen atoms in total. The number of benzene rings is 1. The highest BCUT2D eigenvalue weighted by Crippen LogP contribution is 2.32. The Morgan fingerprint density at radius 1 is 1.24 bits per heavy atom. The van der Waals surface area contributed by atoms with Gasteiger partial charge in [0.15, 0.2) is 0 Å². The van der Waals surface area contributed by atoms with Crippen LogP contribution in [0.4, 0.5) is 0 Å². The lowest BCUT2D eigenvalue weighted by molar-refractivity contribution is 0.162. The number of hydrogen-bond donors (Lipinski definition) is 1. The number of nitrogens with one attached hydrogen (secondary N) is 1. The average molecular weight is 398 g/mol. The van der Waals surface area contributed by atoms with Crippen molar-refractivity contribution < 1.29 is 0 Å². The Labute approximate surface area is 150 Å². The number of aryl methyl sites for hydroxylation is 1. The van der Waals surface area contributed by atoms with Gasteiger partial charge in [0.05, 0.1) is 0 Å². The maximum atomic E-state index is 3.76. The van der Waals surface area contributed by atoms with E-state index in [1.165, 1.54) is 34.9 Å². The monoisotopic (exact) mass is 396 g/mol. The van der Waals surface area contributed by atoms with Crippen LogP contribution in [0.5, 0.6) is 0 Å². The van der Waals surface area contributed by atoms with Crippen LogP contribution in [-0.4, -0.2) is 31.1 Å². The van der Waals surface area contributed by atoms with Gasteiger partial charge in [-0.05, 0) is 30.5 Å². The van der Waals surface area contributed by atoms with Crippen LogP contribution >= 0.6 is 40.7 Å². The normalized spacial score (nSPS) is 16.7. The highest BCUT2D eigenvalue weighted by Gasteiger charge is 2.23. The van der Waals surface area contributed by atoms with Crippen LogP contribution in [0.15, 0.2) is 22.7 Å². The van der Waals surface area contributed by atoms with Crippen LogP contribution < -0.4 is 5.32 Å². The van der Waals surface area contributed by atoms with E-state index in [2.05, 4.69) is 58.2 Å². The molecular formula is C16H27BrCl2N2. The fourth-order valence-electron chi connectivity index (χ4n) is 2.83. The van der Waals surface area contributed by atoms with Crippen LogP contribution in [0.3, 0.4) is 0 Å². The molecule has 1 aliphatic rings. The molecule has 1 aliphatic heterocycles. The van der Waals surface area contributed by atoms with Crippen molar-refractivity contribution in [3.05, 3.63) is 33.8 Å². The summed E-state index contributed by atoms with van der Waals surface area (Å²) in [7, 11) is 0. The first-order chi connectivity index (χ1) is 9.22. The molecule has 0 bridgehead atoms. The number of rotatable bonds is 5. The highest BCUT2D eigenvalue weighted by atomic mass is 79.9. The summed E-state index contributed by atoms with van der Waals surface area (Å²) in [5.74, 6) is 0. The molecule has 1 aromatic rings. The van der Waals surface area contributed by atoms with Gasteiger partial charge in [0.1, 0.15) is 0 Å². The van der Waals surface area contributed by atoms with Crippen molar-refractivity contribution in [3.8, 4) is 0 Å². The van der Waals surface area contributed by atoms with Crippen molar-refractivity contribution in [1.82, 2.24) is 10.2 Å². The second-order valence-electron chi connectivity index (χ2n) is 5.47. The first kappa shape index (κ1) is 21.2. The van der Waals surface area contributed by atoms with Crippen molar-refractivity contribution in [2.75, 3.05) is 26.2 Å². The van der Waals surface area contributed by atoms with E-state index in [-0.39, 0.29) is 24.8 Å². The Morgan fingerprint density at radius 3 is 2.48 bits per heavy atom. The van der Waals surface area contributed by atoms with E-state index < -0.39 is 0 Å². The van der Waals surface area contributed by atoms with E-state index in [0.717, 1.165) is 26.2 Å². The van der Waals surface area contributed by atoms with Gasteiger partial charge < -0.3 is 5.32 Å². The van der Waals surface area contributed by atoms with E-state index in [4.69, 9.17) is 0 Å². The Balaban J connectivity index is 0.00000200. The SMILES string of the molecule is CCCC[C@@H](c1ccc(C)cc1Br)N1CCNCC1.Cl.Cl. The fraction of sp³-hybridized carbons (Fsp3) is 0.625. The fourth-order valence-corrected chi connectivity index (χ4v) is 3.59. The van der Waals surface area contributed by atoms with Crippen molar-refractivity contribution >= 4 is 40.7 Å². The minimum absolute atomic E-state index is 0. The third kappa shape index (κ3) is 6.07. The number of unbranched alkanes of at least 4 members (excludes halogenated alkanes) is 1. The lowest BCUT2D eigenvalue weighted by Crippen LogP contribution is -2.45. The molecule has 122 valence electrons. The number of hydrogen-bond acceptors (Lipinski definition) is 2. The van der Waals surface area contributed by atoms with Gasteiger partial charge in [-0.25, -0.2) is 0 Å². The summed E-state index contributed by atoms with van der Waals surface area (Å²) in [5, 5.41) is 3.45. The maximum absolute atomic E-state index is 3.76. The Hall–Kier alpha value is 0.200. The smallest absolute Gasteiger partial charge is 0.0360 e. The standard InChI is InChI=1S/C16H25BrN2.2ClH/c1-3-4-5-16(19-10-8-18-9-11-19)14-7-6-13(2)12-15(14)17;;/h6-7,12,16,18H,3-5,8-11H2,1-2H3;2*1H/t16-;;/m0../s1. The molecule has 0 amide bonds. The number of piperazine rings is 1. The molecule has 0 spiro atoms. The van der Waals surface area contributed by atoms with Gasteiger partial charge in [-0.2, -0.15) is 0 Å². The van der Waals surface area contributed by atoms with Crippen molar-refractivity contribution in [2.45, 2.75) is 39.2 Å². The van der Waals surface area contributed by atoms with Crippen LogP contribution in [0.2, 0.25) is 0 Å². The second-order valence-corrected chi connectivity index (χ2v) is 6.32. The topological polar surface area (TPSA) is 15.3 Å². The zero-order chi connectivity index (χ0) is 13.7. The van der Waals surface area contributed by atoms with Crippen molar-refractivity contribution in [3.63, 3.8) is 0 Å². The molecule has 1 fully saturated rings. The van der Waals surface area contributed by atoms with Crippen LogP contribution in [0, 0.1) is 6.92 Å². The molecule has 0 saturated carbocycles. The lowest BCUT2D eigenvalue weighted by Gasteiger charge is -2.36. The van der Waals surface area contributed by atoms with Crippen LogP contribution in [-0.2, 0) is 0 Å². The molecule has 1 heterocycles. The third-order valence-corrected chi connectivity index (χ3v) is 4.63. The summed E-state index contributed by atoms with van der Waals surface area (Å²) in [4.78, 5) is 2.64. The molecule has 1 N–H and O–H groups in total. The van der Waals surface area contributed by atoms with E-state index in [1.807, 2.05) is 0 Å². The number of nitrogens with zero attached hydrogens (tertiary/aromatic N) is 1. The largest absolute Gasteiger partial charge is 0.314 e. The van der Waals surface area contributed by atoms with Gasteiger partial charge in [0.25, 0.3) is 0 Å². The summed E-state index contributed by atoms with van der Waals surface area (Å²) < 4.78 is 1.27. The van der Waals surface area contributed by atoms with Gasteiger partial charge in [0.2, 0.25) is 0 Å². The van der Waals surface area contributed by atoms with E-state index >= 15 is 0 Å². The Morgan fingerprint density at radius 2 is 1.90 bits per heavy atom. The molecule has 5 heteroatoms. The molecule has 1 atom stereocenters. The average Bonchev–Trinajstić information content (AvgIpc) is 2.42. The van der Waals surface area contributed by atoms with Gasteiger partial charge in [-0.15, -0.1) is 24.8 Å². The molecule has 0 unspecified atom stereocenters. The predicted octanol–water partition coefficient (Wildman–Crippen LogP) is 4.74. The highest BCUT2D eigenvalue weighted by molar-refractivity contribution is 9.10. The molecular weight excluding hydrogens is 371 g/mol. The third-order valence-electron chi connectivity index (χ3n) is 3.94. The van der Waals surface area contributed by atoms with Crippen LogP contribution in [0.25, 0.3) is 0 Å². The minimum atomic E-state index is 0. The van der Waals surface area contributed by atoms with Crippen molar-refractivity contribution in [2.24, 2.45) is 0 Å². The van der Waals surface area contributed by atoms with Crippen molar-refractivity contribution in [1.29, 1.82) is 0 Å². The zero-order valence-corrected chi connectivity index (χ0v) is 16.1. The van der Waals surface area contributed by atoms with Gasteiger partial charge in [-0.1, -0.05) is 47.8 Å². The Bertz CT molecular complexity index is 409. The molecule has 2 rings (SSSR count). The van der Waals surface area contributed by atoms with E-state index in [9.17, 15) is 0 Å². The lowest BCUT2D eigenvalue weighted by atomic mass is 9.98. The first-order valence-corrected chi connectivity index (χ1v) is 8.22. The Kier molecular flexibility index (Phi) is 11.0. The predicted molar refractivity (Wildman–Crippen MR) is 100 cm³/mol. The first-order valence-electron chi connectivity index (χ1n) is 7.43. The quantitative estimate of drug-likeness (QED) is 0.771. The summed E-state index contributed by atoms with van der Waals surface area (Å²) in [6, 6.07) is 7.36. The van der Waals surface area contributed by atoms with E-state index in [0.29, 0.717) is 6.04 Å². The summed E-state index contributed by atoms with van der Waals surface area (Å²) in [5.41, 5.74) is 2.78. The second kappa shape index (κ2) is 10.8. The van der Waals surface area contributed by atoms with Crippen LogP contribution in [0.1, 0.15) is 43.4 Å². The molecule has 0 aromatic heterocycles. The van der Waals surface area contributed by atoms with Gasteiger partial charge in [0, 0.05) is 36.7 Å². The number of halogens is 3. The molecule has 0 aliphatic carbocycles. The molecule has 0 radical (unpaired) electrons. The molecule has 1 saturated heterocycles. The summed E-state index contributed by atoms with van der Waals surface area (Å²) in [6.07, 6.45) is 3.83. The van der Waals surface area contributed by atoms with Gasteiger partial charge in [-0.3, -0.25) is 4.90 Å². The molecule has 1 aromatic carbocycles. The van der Waals surface area contributed by atoms with Gasteiger partial charge >= 0.3 is 0 Å². The summed E-state index contributed by atoms with van der Waals surface area (Å²) >= 11 is 3.76. The minimum Gasteiger partial charge on any atom is -0.314 e.